The molecule has 1 N–H and O–H groups in total. The summed E-state index contributed by atoms with van der Waals surface area (Å²) in [5, 5.41) is 4.52. The van der Waals surface area contributed by atoms with E-state index in [4.69, 9.17) is 16.3 Å². The van der Waals surface area contributed by atoms with Crippen molar-refractivity contribution in [2.24, 2.45) is 5.10 Å². The van der Waals surface area contributed by atoms with Crippen molar-refractivity contribution in [1.82, 2.24) is 5.43 Å². The van der Waals surface area contributed by atoms with Crippen LogP contribution >= 0.6 is 11.6 Å². The van der Waals surface area contributed by atoms with Gasteiger partial charge in [-0.1, -0.05) is 48.0 Å². The summed E-state index contributed by atoms with van der Waals surface area (Å²) in [6, 6.07) is 16.7. The number of halogens is 1. The molecule has 0 saturated carbocycles. The van der Waals surface area contributed by atoms with Crippen molar-refractivity contribution in [2.75, 3.05) is 6.61 Å². The molecule has 0 saturated heterocycles. The first-order valence-corrected chi connectivity index (χ1v) is 7.45. The monoisotopic (exact) mass is 328 g/mol. The Morgan fingerprint density at radius 2 is 1.87 bits per heavy atom. The van der Waals surface area contributed by atoms with Crippen molar-refractivity contribution in [3.8, 4) is 5.75 Å². The second kappa shape index (κ2) is 8.76. The van der Waals surface area contributed by atoms with E-state index in [0.29, 0.717) is 10.8 Å². The standard InChI is InChI=1S/C18H17ClN2O2/c1-14(11-15-5-3-2-4-6-15)12-20-21-18(22)13-23-17-9-7-16(19)8-10-17/h2-12H,13H2,1H3,(H,21,22)/b14-11+,20-12-. The first-order chi connectivity index (χ1) is 11.1. The molecule has 2 rings (SSSR count). The molecule has 0 aromatic heterocycles. The van der Waals surface area contributed by atoms with Crippen LogP contribution in [-0.2, 0) is 4.79 Å². The number of nitrogens with one attached hydrogen (secondary N) is 1. The number of amides is 1. The molecule has 5 heteroatoms. The van der Waals surface area contributed by atoms with Crippen LogP contribution in [0.4, 0.5) is 0 Å². The summed E-state index contributed by atoms with van der Waals surface area (Å²) in [5.41, 5.74) is 4.42. The number of carbonyl (C=O) groups is 1. The van der Waals surface area contributed by atoms with Crippen LogP contribution in [-0.4, -0.2) is 18.7 Å². The molecule has 2 aromatic rings. The lowest BCUT2D eigenvalue weighted by Crippen LogP contribution is -2.24. The summed E-state index contributed by atoms with van der Waals surface area (Å²) < 4.78 is 5.32. The van der Waals surface area contributed by atoms with Gasteiger partial charge in [-0.3, -0.25) is 4.79 Å². The molecule has 0 unspecified atom stereocenters. The highest BCUT2D eigenvalue weighted by Gasteiger charge is 2.01. The zero-order chi connectivity index (χ0) is 16.5. The number of hydrogen-bond acceptors (Lipinski definition) is 3. The number of ether oxygens (including phenoxy) is 1. The van der Waals surface area contributed by atoms with E-state index in [0.717, 1.165) is 11.1 Å². The highest BCUT2D eigenvalue weighted by molar-refractivity contribution is 6.30. The number of benzene rings is 2. The lowest BCUT2D eigenvalue weighted by atomic mass is 10.1. The Bertz CT molecular complexity index is 695. The first-order valence-electron chi connectivity index (χ1n) is 7.07. The van der Waals surface area contributed by atoms with Gasteiger partial charge >= 0.3 is 0 Å². The van der Waals surface area contributed by atoms with E-state index < -0.39 is 0 Å². The smallest absolute Gasteiger partial charge is 0.277 e. The molecule has 0 aliphatic carbocycles. The molecule has 4 nitrogen and oxygen atoms in total. The Balaban J connectivity index is 1.77. The average molecular weight is 329 g/mol. The minimum Gasteiger partial charge on any atom is -0.484 e. The van der Waals surface area contributed by atoms with E-state index in [-0.39, 0.29) is 12.5 Å². The largest absolute Gasteiger partial charge is 0.484 e. The molecule has 0 heterocycles. The van der Waals surface area contributed by atoms with E-state index in [1.165, 1.54) is 0 Å². The van der Waals surface area contributed by atoms with Gasteiger partial charge in [0.1, 0.15) is 5.75 Å². The number of rotatable bonds is 6. The van der Waals surface area contributed by atoms with Crippen LogP contribution < -0.4 is 10.2 Å². The molecular formula is C18H17ClN2O2. The van der Waals surface area contributed by atoms with Crippen LogP contribution in [0.15, 0.2) is 65.3 Å². The minimum absolute atomic E-state index is 0.111. The van der Waals surface area contributed by atoms with Crippen LogP contribution in [0.25, 0.3) is 6.08 Å². The molecule has 0 aliphatic heterocycles. The molecule has 0 atom stereocenters. The topological polar surface area (TPSA) is 50.7 Å². The molecule has 0 fully saturated rings. The van der Waals surface area contributed by atoms with E-state index in [2.05, 4.69) is 10.5 Å². The van der Waals surface area contributed by atoms with Gasteiger partial charge in [-0.25, -0.2) is 5.43 Å². The van der Waals surface area contributed by atoms with Crippen molar-refractivity contribution < 1.29 is 9.53 Å². The predicted molar refractivity (Wildman–Crippen MR) is 93.7 cm³/mol. The van der Waals surface area contributed by atoms with Gasteiger partial charge in [-0.15, -0.1) is 0 Å². The molecular weight excluding hydrogens is 312 g/mol. The number of hydrogen-bond donors (Lipinski definition) is 1. The van der Waals surface area contributed by atoms with Crippen LogP contribution in [0, 0.1) is 0 Å². The summed E-state index contributed by atoms with van der Waals surface area (Å²) >= 11 is 5.77. The van der Waals surface area contributed by atoms with Crippen LogP contribution in [0.3, 0.4) is 0 Å². The number of carbonyl (C=O) groups excluding carboxylic acids is 1. The molecule has 23 heavy (non-hydrogen) atoms. The lowest BCUT2D eigenvalue weighted by molar-refractivity contribution is -0.123. The normalized spacial score (nSPS) is 11.5. The minimum atomic E-state index is -0.330. The van der Waals surface area contributed by atoms with Crippen LogP contribution in [0.1, 0.15) is 12.5 Å². The van der Waals surface area contributed by atoms with Crippen molar-refractivity contribution in [1.29, 1.82) is 0 Å². The van der Waals surface area contributed by atoms with Gasteiger partial charge in [0.15, 0.2) is 6.61 Å². The molecule has 0 bridgehead atoms. The van der Waals surface area contributed by atoms with Crippen molar-refractivity contribution in [2.45, 2.75) is 6.92 Å². The first kappa shape index (κ1) is 16.8. The Morgan fingerprint density at radius 1 is 1.17 bits per heavy atom. The molecule has 118 valence electrons. The summed E-state index contributed by atoms with van der Waals surface area (Å²) in [5.74, 6) is 0.248. The van der Waals surface area contributed by atoms with E-state index in [1.807, 2.05) is 43.3 Å². The fourth-order valence-corrected chi connectivity index (χ4v) is 1.89. The van der Waals surface area contributed by atoms with Crippen molar-refractivity contribution in [3.05, 3.63) is 70.8 Å². The fraction of sp³-hybridized carbons (Fsp3) is 0.111. The number of allylic oxidation sites excluding steroid dienone is 1. The molecule has 0 aliphatic rings. The summed E-state index contributed by atoms with van der Waals surface area (Å²) in [6.45, 7) is 1.80. The highest BCUT2D eigenvalue weighted by Crippen LogP contribution is 2.15. The number of hydrazone groups is 1. The molecule has 0 radical (unpaired) electrons. The van der Waals surface area contributed by atoms with E-state index >= 15 is 0 Å². The zero-order valence-corrected chi connectivity index (χ0v) is 13.5. The van der Waals surface area contributed by atoms with E-state index in [1.54, 1.807) is 30.5 Å². The Hall–Kier alpha value is -2.59. The Labute approximate surface area is 140 Å². The lowest BCUT2D eigenvalue weighted by Gasteiger charge is -2.04. The van der Waals surface area contributed by atoms with Gasteiger partial charge < -0.3 is 4.74 Å². The maximum absolute atomic E-state index is 11.6. The van der Waals surface area contributed by atoms with Crippen molar-refractivity contribution in [3.63, 3.8) is 0 Å². The van der Waals surface area contributed by atoms with Gasteiger partial charge in [0.05, 0.1) is 6.21 Å². The molecule has 0 spiro atoms. The highest BCUT2D eigenvalue weighted by atomic mass is 35.5. The summed E-state index contributed by atoms with van der Waals surface area (Å²) in [4.78, 5) is 11.6. The summed E-state index contributed by atoms with van der Waals surface area (Å²) in [6.07, 6.45) is 3.56. The number of nitrogens with zero attached hydrogens (tertiary/aromatic N) is 1. The second-order valence-corrected chi connectivity index (χ2v) is 5.27. The SMILES string of the molecule is CC(/C=N\NC(=O)COc1ccc(Cl)cc1)=C\c1ccccc1. The van der Waals surface area contributed by atoms with Gasteiger partial charge in [-0.2, -0.15) is 5.10 Å². The predicted octanol–water partition coefficient (Wildman–Crippen LogP) is 3.92. The third-order valence-electron chi connectivity index (χ3n) is 2.83. The van der Waals surface area contributed by atoms with Crippen molar-refractivity contribution >= 4 is 29.8 Å². The van der Waals surface area contributed by atoms with E-state index in [9.17, 15) is 4.79 Å². The van der Waals surface area contributed by atoms with Gasteiger partial charge in [-0.05, 0) is 42.3 Å². The summed E-state index contributed by atoms with van der Waals surface area (Å²) in [7, 11) is 0. The zero-order valence-electron chi connectivity index (χ0n) is 12.7. The Morgan fingerprint density at radius 3 is 2.57 bits per heavy atom. The molecule has 2 aromatic carbocycles. The van der Waals surface area contributed by atoms with Gasteiger partial charge in [0, 0.05) is 5.02 Å². The van der Waals surface area contributed by atoms with Gasteiger partial charge in [0.2, 0.25) is 0 Å². The quantitative estimate of drug-likeness (QED) is 0.645. The fourth-order valence-electron chi connectivity index (χ4n) is 1.77. The second-order valence-electron chi connectivity index (χ2n) is 4.83. The molecule has 1 amide bonds. The maximum Gasteiger partial charge on any atom is 0.277 e. The average Bonchev–Trinajstić information content (AvgIpc) is 2.55. The van der Waals surface area contributed by atoms with Crippen LogP contribution in [0.2, 0.25) is 5.02 Å². The third-order valence-corrected chi connectivity index (χ3v) is 3.09. The van der Waals surface area contributed by atoms with Crippen LogP contribution in [0.5, 0.6) is 5.75 Å². The maximum atomic E-state index is 11.6. The third kappa shape index (κ3) is 6.36. The van der Waals surface area contributed by atoms with Gasteiger partial charge in [0.25, 0.3) is 5.91 Å². The Kier molecular flexibility index (Phi) is 6.39.